The molecule has 0 spiro atoms. The van der Waals surface area contributed by atoms with Gasteiger partial charge in [0.2, 0.25) is 0 Å². The van der Waals surface area contributed by atoms with Gasteiger partial charge in [0.05, 0.1) is 18.0 Å². The fourth-order valence-corrected chi connectivity index (χ4v) is 4.58. The molecule has 1 saturated heterocycles. The molecule has 7 nitrogen and oxygen atoms in total. The van der Waals surface area contributed by atoms with Crippen molar-refractivity contribution in [2.45, 2.75) is 37.6 Å². The second kappa shape index (κ2) is 7.72. The summed E-state index contributed by atoms with van der Waals surface area (Å²) in [7, 11) is -2.36. The topological polar surface area (TPSA) is 88.1 Å². The average Bonchev–Trinajstić information content (AvgIpc) is 2.68. The first kappa shape index (κ1) is 19.4. The van der Waals surface area contributed by atoms with Crippen molar-refractivity contribution in [1.29, 1.82) is 0 Å². The minimum absolute atomic E-state index is 0.0291. The van der Waals surface area contributed by atoms with Crippen LogP contribution in [0.1, 0.15) is 25.3 Å². The number of nitrogens with zero attached hydrogens (tertiary/aromatic N) is 2. The zero-order valence-electron chi connectivity index (χ0n) is 15.8. The van der Waals surface area contributed by atoms with Crippen LogP contribution in [-0.4, -0.2) is 44.8 Å². The van der Waals surface area contributed by atoms with E-state index in [0.29, 0.717) is 13.0 Å². The molecule has 8 heteroatoms. The number of hydrogen-bond acceptors (Lipinski definition) is 5. The van der Waals surface area contributed by atoms with Gasteiger partial charge >= 0.3 is 6.09 Å². The molecule has 1 aromatic rings. The standard InChI is InChI=1S/C19H25N3O4S/c1-4-17(20-21-27(24,25)15-8-5-13(2)6-9-15)16-11-14-7-10-18(16)22(12-14)19(23)26-3/h5-10,14,16,18,21H,4,11-12H2,1-3H3/b20-17+. The van der Waals surface area contributed by atoms with Crippen molar-refractivity contribution >= 4 is 21.8 Å². The van der Waals surface area contributed by atoms with Gasteiger partial charge in [-0.3, -0.25) is 0 Å². The lowest BCUT2D eigenvalue weighted by atomic mass is 9.75. The molecule has 1 amide bonds. The first-order chi connectivity index (χ1) is 12.9. The van der Waals surface area contributed by atoms with Crippen LogP contribution in [0.5, 0.6) is 0 Å². The van der Waals surface area contributed by atoms with E-state index in [9.17, 15) is 13.2 Å². The minimum atomic E-state index is -3.73. The van der Waals surface area contributed by atoms with Gasteiger partial charge in [-0.1, -0.05) is 36.8 Å². The molecular weight excluding hydrogens is 366 g/mol. The summed E-state index contributed by atoms with van der Waals surface area (Å²) in [5, 5.41) is 4.24. The Bertz CT molecular complexity index is 861. The van der Waals surface area contributed by atoms with E-state index < -0.39 is 10.0 Å². The van der Waals surface area contributed by atoms with Crippen LogP contribution >= 0.6 is 0 Å². The van der Waals surface area contributed by atoms with Crippen LogP contribution in [0, 0.1) is 18.8 Å². The van der Waals surface area contributed by atoms with Gasteiger partial charge in [0.1, 0.15) is 0 Å². The lowest BCUT2D eigenvalue weighted by molar-refractivity contribution is 0.0748. The van der Waals surface area contributed by atoms with Gasteiger partial charge in [-0.25, -0.2) is 9.63 Å². The maximum absolute atomic E-state index is 12.5. The predicted molar refractivity (Wildman–Crippen MR) is 103 cm³/mol. The smallest absolute Gasteiger partial charge is 0.410 e. The van der Waals surface area contributed by atoms with Crippen molar-refractivity contribution in [3.05, 3.63) is 42.0 Å². The van der Waals surface area contributed by atoms with Crippen molar-refractivity contribution in [2.75, 3.05) is 13.7 Å². The van der Waals surface area contributed by atoms with E-state index in [0.717, 1.165) is 17.7 Å². The maximum atomic E-state index is 12.5. The van der Waals surface area contributed by atoms with Crippen LogP contribution in [-0.2, 0) is 14.8 Å². The van der Waals surface area contributed by atoms with E-state index >= 15 is 0 Å². The first-order valence-electron chi connectivity index (χ1n) is 9.03. The van der Waals surface area contributed by atoms with E-state index in [-0.39, 0.29) is 28.9 Å². The summed E-state index contributed by atoms with van der Waals surface area (Å²) < 4.78 is 29.9. The molecule has 4 rings (SSSR count). The Labute approximate surface area is 160 Å². The van der Waals surface area contributed by atoms with E-state index in [1.54, 1.807) is 29.2 Å². The Morgan fingerprint density at radius 3 is 2.59 bits per heavy atom. The summed E-state index contributed by atoms with van der Waals surface area (Å²) in [6, 6.07) is 6.45. The number of amides is 1. The average molecular weight is 391 g/mol. The number of carbonyl (C=O) groups is 1. The number of methoxy groups -OCH3 is 1. The second-order valence-corrected chi connectivity index (χ2v) is 8.63. The lowest BCUT2D eigenvalue weighted by Crippen LogP contribution is -2.55. The summed E-state index contributed by atoms with van der Waals surface area (Å²) in [6.45, 7) is 4.46. The first-order valence-corrected chi connectivity index (χ1v) is 10.5. The fraction of sp³-hybridized carbons (Fsp3) is 0.474. The molecule has 0 radical (unpaired) electrons. The van der Waals surface area contributed by atoms with Crippen LogP contribution in [0.15, 0.2) is 46.4 Å². The SMILES string of the molecule is CC/C(=N\NS(=O)(=O)c1ccc(C)cc1)C1CC2C=CC1N(C(=O)OC)C2. The Kier molecular flexibility index (Phi) is 5.55. The van der Waals surface area contributed by atoms with E-state index in [1.807, 2.05) is 19.9 Å². The Morgan fingerprint density at radius 2 is 2.00 bits per heavy atom. The normalized spacial score (nSPS) is 24.8. The molecule has 0 aromatic heterocycles. The van der Waals surface area contributed by atoms with Crippen molar-refractivity contribution < 1.29 is 17.9 Å². The molecule has 1 aromatic carbocycles. The summed E-state index contributed by atoms with van der Waals surface area (Å²) in [5.41, 5.74) is 1.72. The Morgan fingerprint density at radius 1 is 1.30 bits per heavy atom. The monoisotopic (exact) mass is 391 g/mol. The molecule has 1 aliphatic carbocycles. The molecule has 3 atom stereocenters. The maximum Gasteiger partial charge on any atom is 0.410 e. The molecule has 2 aliphatic heterocycles. The lowest BCUT2D eigenvalue weighted by Gasteiger charge is -2.45. The third-order valence-electron chi connectivity index (χ3n) is 5.18. The van der Waals surface area contributed by atoms with Gasteiger partial charge < -0.3 is 9.64 Å². The van der Waals surface area contributed by atoms with Crippen LogP contribution in [0.4, 0.5) is 4.79 Å². The summed E-state index contributed by atoms with van der Waals surface area (Å²) in [6.07, 6.45) is 5.18. The van der Waals surface area contributed by atoms with Gasteiger partial charge in [0.25, 0.3) is 10.0 Å². The van der Waals surface area contributed by atoms with Crippen molar-refractivity contribution in [3.8, 4) is 0 Å². The van der Waals surface area contributed by atoms with Crippen molar-refractivity contribution in [2.24, 2.45) is 16.9 Å². The molecule has 0 saturated carbocycles. The zero-order valence-corrected chi connectivity index (χ0v) is 16.6. The molecule has 2 heterocycles. The molecule has 146 valence electrons. The molecule has 27 heavy (non-hydrogen) atoms. The number of hydrazone groups is 1. The largest absolute Gasteiger partial charge is 0.453 e. The molecule has 3 aliphatic rings. The number of fused-ring (bicyclic) bond motifs is 2. The van der Waals surface area contributed by atoms with Crippen LogP contribution in [0.25, 0.3) is 0 Å². The molecule has 3 unspecified atom stereocenters. The fourth-order valence-electron chi connectivity index (χ4n) is 3.74. The third kappa shape index (κ3) is 4.00. The quantitative estimate of drug-likeness (QED) is 0.475. The van der Waals surface area contributed by atoms with E-state index in [4.69, 9.17) is 4.74 Å². The summed E-state index contributed by atoms with van der Waals surface area (Å²) in [5.74, 6) is 0.197. The third-order valence-corrected chi connectivity index (χ3v) is 6.40. The number of piperidine rings is 1. The number of aryl methyl sites for hydroxylation is 1. The van der Waals surface area contributed by atoms with Crippen LogP contribution < -0.4 is 4.83 Å². The minimum Gasteiger partial charge on any atom is -0.453 e. The number of rotatable bonds is 5. The van der Waals surface area contributed by atoms with E-state index in [1.165, 1.54) is 7.11 Å². The number of carbonyl (C=O) groups excluding carboxylic acids is 1. The van der Waals surface area contributed by atoms with Crippen molar-refractivity contribution in [3.63, 3.8) is 0 Å². The van der Waals surface area contributed by atoms with Gasteiger partial charge in [0.15, 0.2) is 0 Å². The number of sulfonamides is 1. The summed E-state index contributed by atoms with van der Waals surface area (Å²) >= 11 is 0. The van der Waals surface area contributed by atoms with Gasteiger partial charge in [-0.05, 0) is 37.8 Å². The van der Waals surface area contributed by atoms with Crippen LogP contribution in [0.2, 0.25) is 0 Å². The summed E-state index contributed by atoms with van der Waals surface area (Å²) in [4.78, 5) is 16.3. The molecular formula is C19H25N3O4S. The van der Waals surface area contributed by atoms with E-state index in [2.05, 4.69) is 16.0 Å². The highest BCUT2D eigenvalue weighted by Gasteiger charge is 2.42. The van der Waals surface area contributed by atoms with Gasteiger partial charge in [-0.15, -0.1) is 0 Å². The predicted octanol–water partition coefficient (Wildman–Crippen LogP) is 2.68. The number of hydrogen-bond donors (Lipinski definition) is 1. The Balaban J connectivity index is 1.81. The van der Waals surface area contributed by atoms with Gasteiger partial charge in [0, 0.05) is 18.2 Å². The number of benzene rings is 1. The molecule has 1 fully saturated rings. The number of ether oxygens (including phenoxy) is 1. The zero-order chi connectivity index (χ0) is 19.6. The highest BCUT2D eigenvalue weighted by Crippen LogP contribution is 2.36. The number of nitrogens with one attached hydrogen (secondary N) is 1. The van der Waals surface area contributed by atoms with Gasteiger partial charge in [-0.2, -0.15) is 13.5 Å². The highest BCUT2D eigenvalue weighted by molar-refractivity contribution is 7.89. The molecule has 1 N–H and O–H groups in total. The van der Waals surface area contributed by atoms with Crippen LogP contribution in [0.3, 0.4) is 0 Å². The Hall–Kier alpha value is -2.35. The highest BCUT2D eigenvalue weighted by atomic mass is 32.2. The second-order valence-electron chi connectivity index (χ2n) is 6.96. The van der Waals surface area contributed by atoms with Crippen molar-refractivity contribution in [1.82, 2.24) is 9.73 Å². The molecule has 2 bridgehead atoms.